The van der Waals surface area contributed by atoms with Gasteiger partial charge in [0.1, 0.15) is 0 Å². The Bertz CT molecular complexity index is 248. The van der Waals surface area contributed by atoms with Gasteiger partial charge in [-0.25, -0.2) is 0 Å². The molecule has 0 aromatic rings. The van der Waals surface area contributed by atoms with Gasteiger partial charge >= 0.3 is 0 Å². The Morgan fingerprint density at radius 2 is 1.77 bits per heavy atom. The molecule has 0 aliphatic heterocycles. The van der Waals surface area contributed by atoms with Crippen LogP contribution in [-0.2, 0) is 18.6 Å². The fourth-order valence-corrected chi connectivity index (χ4v) is 5.35. The molecule has 0 bridgehead atoms. The molecule has 0 aliphatic carbocycles. The van der Waals surface area contributed by atoms with E-state index in [4.69, 9.17) is 0 Å². The summed E-state index contributed by atoms with van der Waals surface area (Å²) in [6.07, 6.45) is 7.78. The van der Waals surface area contributed by atoms with Crippen LogP contribution in [0.2, 0.25) is 0 Å². The maximum Gasteiger partial charge on any atom is 0.0320 e. The maximum atomic E-state index is 4.30. The van der Waals surface area contributed by atoms with Gasteiger partial charge < -0.3 is 4.67 Å². The van der Waals surface area contributed by atoms with Crippen LogP contribution < -0.4 is 0 Å². The van der Waals surface area contributed by atoms with Crippen molar-refractivity contribution in [2.24, 2.45) is 4.74 Å². The molecule has 1 radical (unpaired) electrons. The van der Waals surface area contributed by atoms with Gasteiger partial charge in [0, 0.05) is 39.6 Å². The van der Waals surface area contributed by atoms with E-state index < -0.39 is 0 Å². The second-order valence-corrected chi connectivity index (χ2v) is 9.65. The van der Waals surface area contributed by atoms with Gasteiger partial charge in [-0.15, -0.1) is 8.58 Å². The first-order valence-electron chi connectivity index (χ1n) is 8.29. The van der Waals surface area contributed by atoms with Gasteiger partial charge in [-0.05, 0) is 44.0 Å². The first-order chi connectivity index (χ1) is 9.94. The molecular weight excluding hydrogens is 364 g/mol. The van der Waals surface area contributed by atoms with Gasteiger partial charge in [-0.2, -0.15) is 6.42 Å². The number of hydrogen-bond acceptors (Lipinski definition) is 2. The van der Waals surface area contributed by atoms with Crippen LogP contribution in [0.15, 0.2) is 4.74 Å². The summed E-state index contributed by atoms with van der Waals surface area (Å²) >= 11 is 0. The summed E-state index contributed by atoms with van der Waals surface area (Å²) in [7, 11) is 8.92. The molecule has 133 valence electrons. The second-order valence-electron chi connectivity index (χ2n) is 5.36. The minimum Gasteiger partial charge on any atom is -0.442 e. The molecule has 0 amide bonds. The van der Waals surface area contributed by atoms with Crippen molar-refractivity contribution in [2.45, 2.75) is 77.5 Å². The first kappa shape index (κ1) is 28.3. The largest absolute Gasteiger partial charge is 0.442 e. The summed E-state index contributed by atoms with van der Waals surface area (Å²) in [4.78, 5) is 0. The van der Waals surface area contributed by atoms with Crippen LogP contribution >= 0.6 is 26.3 Å². The van der Waals surface area contributed by atoms with Gasteiger partial charge in [0.25, 0.3) is 0 Å². The molecular formula is C16H38N2P3V-. The van der Waals surface area contributed by atoms with Crippen molar-refractivity contribution < 1.29 is 18.6 Å². The average Bonchev–Trinajstić information content (AvgIpc) is 2.46. The molecule has 0 aliphatic rings. The summed E-state index contributed by atoms with van der Waals surface area (Å²) in [5, 5.41) is 0.618. The molecule has 0 rings (SSSR count). The van der Waals surface area contributed by atoms with Crippen LogP contribution in [-0.4, -0.2) is 35.7 Å². The van der Waals surface area contributed by atoms with Crippen LogP contribution in [0.1, 0.15) is 66.7 Å². The van der Waals surface area contributed by atoms with Crippen molar-refractivity contribution >= 4 is 26.3 Å². The molecule has 0 heterocycles. The molecule has 0 aromatic heterocycles. The monoisotopic (exact) mass is 402 g/mol. The van der Waals surface area contributed by atoms with Crippen molar-refractivity contribution in [3.63, 3.8) is 0 Å². The van der Waals surface area contributed by atoms with E-state index in [0.29, 0.717) is 5.16 Å². The van der Waals surface area contributed by atoms with Crippen molar-refractivity contribution in [3.8, 4) is 0 Å². The third kappa shape index (κ3) is 15.1. The second kappa shape index (κ2) is 18.8. The Morgan fingerprint density at radius 1 is 1.23 bits per heavy atom. The molecule has 22 heavy (non-hydrogen) atoms. The molecule has 6 heteroatoms. The van der Waals surface area contributed by atoms with Crippen LogP contribution in [0.4, 0.5) is 0 Å². The number of rotatable bonds is 10. The number of nitrogens with zero attached hydrogens (tertiary/aromatic N) is 2. The summed E-state index contributed by atoms with van der Waals surface area (Å²) in [6.45, 7) is 13.5. The Balaban J connectivity index is -0.000000439. The molecule has 3 atom stereocenters. The van der Waals surface area contributed by atoms with Gasteiger partial charge in [-0.3, -0.25) is 11.3 Å². The van der Waals surface area contributed by atoms with E-state index in [0.717, 1.165) is 20.7 Å². The predicted molar refractivity (Wildman–Crippen MR) is 108 cm³/mol. The van der Waals surface area contributed by atoms with Crippen molar-refractivity contribution in [1.82, 2.24) is 4.67 Å². The standard InChI is InChI=1S/C12H27NP2.C4H11NP.V/c1-6-11(15-13-5)10-12(7-2,8-3)14-9-4;1-3-4-5(2)6;/h11,14H,6-10H2,1-5H3;4H,3,6H2,1-2H3;/q;-1;. The maximum absolute atomic E-state index is 4.30. The van der Waals surface area contributed by atoms with E-state index >= 15 is 0 Å². The van der Waals surface area contributed by atoms with Gasteiger partial charge in [-0.1, -0.05) is 44.0 Å². The average molecular weight is 402 g/mol. The van der Waals surface area contributed by atoms with E-state index in [1.54, 1.807) is 0 Å². The van der Waals surface area contributed by atoms with Gasteiger partial charge in [0.2, 0.25) is 0 Å². The quantitative estimate of drug-likeness (QED) is 0.303. The van der Waals surface area contributed by atoms with Crippen molar-refractivity contribution in [3.05, 3.63) is 6.54 Å². The van der Waals surface area contributed by atoms with Gasteiger partial charge in [0.05, 0.1) is 0 Å². The first-order valence-corrected chi connectivity index (χ1v) is 10.9. The molecule has 0 fully saturated rings. The molecule has 0 saturated carbocycles. The van der Waals surface area contributed by atoms with E-state index in [2.05, 4.69) is 55.3 Å². The van der Waals surface area contributed by atoms with Crippen LogP contribution in [0.3, 0.4) is 0 Å². The molecule has 0 spiro atoms. The molecule has 2 nitrogen and oxygen atoms in total. The van der Waals surface area contributed by atoms with Crippen LogP contribution in [0.5, 0.6) is 0 Å². The molecule has 0 saturated heterocycles. The minimum atomic E-state index is 0. The molecule has 3 unspecified atom stereocenters. The zero-order valence-electron chi connectivity index (χ0n) is 15.8. The minimum absolute atomic E-state index is 0. The van der Waals surface area contributed by atoms with Crippen molar-refractivity contribution in [1.29, 1.82) is 0 Å². The topological polar surface area (TPSA) is 15.6 Å². The van der Waals surface area contributed by atoms with Gasteiger partial charge in [0.15, 0.2) is 0 Å². The van der Waals surface area contributed by atoms with E-state index in [-0.39, 0.29) is 18.6 Å². The Hall–Kier alpha value is 1.50. The van der Waals surface area contributed by atoms with Crippen molar-refractivity contribution in [2.75, 3.05) is 20.3 Å². The Kier molecular flexibility index (Phi) is 24.2. The predicted octanol–water partition coefficient (Wildman–Crippen LogP) is 6.45. The molecule has 0 aromatic carbocycles. The fourth-order valence-electron chi connectivity index (χ4n) is 2.40. The van der Waals surface area contributed by atoms with Crippen LogP contribution in [0.25, 0.3) is 0 Å². The van der Waals surface area contributed by atoms with E-state index in [1.165, 1.54) is 40.2 Å². The normalized spacial score (nSPS) is 13.3. The Morgan fingerprint density at radius 3 is 2.00 bits per heavy atom. The third-order valence-electron chi connectivity index (χ3n) is 3.75. The summed E-state index contributed by atoms with van der Waals surface area (Å²) in [6, 6.07) is 0. The summed E-state index contributed by atoms with van der Waals surface area (Å²) < 4.78 is 6.27. The van der Waals surface area contributed by atoms with E-state index in [1.807, 2.05) is 18.8 Å². The van der Waals surface area contributed by atoms with E-state index in [9.17, 15) is 0 Å². The third-order valence-corrected chi connectivity index (χ3v) is 7.08. The number of hydrogen-bond donors (Lipinski definition) is 0. The fraction of sp³-hybridized carbons (Fsp3) is 0.938. The zero-order valence-corrected chi connectivity index (χ0v) is 20.2. The summed E-state index contributed by atoms with van der Waals surface area (Å²) in [5.74, 6) is 0. The Labute approximate surface area is 158 Å². The summed E-state index contributed by atoms with van der Waals surface area (Å²) in [5.41, 5.74) is 0.786. The zero-order chi connectivity index (χ0) is 16.7. The molecule has 0 N–H and O–H groups in total. The smallest absolute Gasteiger partial charge is 0.0320 e. The van der Waals surface area contributed by atoms with Crippen LogP contribution in [0, 0.1) is 6.54 Å². The SMILES string of the molecule is CCPC(CC)(CC)CC(CC)P=NC.CC[CH-]N(C)P.[V].